The van der Waals surface area contributed by atoms with Crippen molar-refractivity contribution in [3.8, 4) is 0 Å². The lowest BCUT2D eigenvalue weighted by atomic mass is 10.2. The maximum Gasteiger partial charge on any atom is 0.243 e. The van der Waals surface area contributed by atoms with Crippen LogP contribution in [0.15, 0.2) is 30.3 Å². The molecule has 2 fully saturated rings. The van der Waals surface area contributed by atoms with Crippen LogP contribution in [0.5, 0.6) is 0 Å². The Morgan fingerprint density at radius 3 is 2.73 bits per heavy atom. The molecule has 8 heteroatoms. The van der Waals surface area contributed by atoms with Crippen molar-refractivity contribution < 1.29 is 9.59 Å². The average molecular weight is 371 g/mol. The minimum absolute atomic E-state index is 0.0142. The first-order valence-corrected chi connectivity index (χ1v) is 9.76. The molecule has 26 heavy (non-hydrogen) atoms. The molecule has 4 rings (SSSR count). The minimum Gasteiger partial charge on any atom is -0.350 e. The molecule has 0 radical (unpaired) electrons. The Balaban J connectivity index is 1.42. The van der Waals surface area contributed by atoms with E-state index in [1.165, 1.54) is 11.3 Å². The predicted octanol–water partition coefficient (Wildman–Crippen LogP) is 1.95. The van der Waals surface area contributed by atoms with E-state index in [4.69, 9.17) is 0 Å². The summed E-state index contributed by atoms with van der Waals surface area (Å²) in [4.78, 5) is 28.3. The van der Waals surface area contributed by atoms with Gasteiger partial charge in [-0.25, -0.2) is 0 Å². The fourth-order valence-electron chi connectivity index (χ4n) is 3.45. The van der Waals surface area contributed by atoms with Crippen LogP contribution in [0.25, 0.3) is 0 Å². The maximum absolute atomic E-state index is 12.7. The van der Waals surface area contributed by atoms with Crippen LogP contribution in [0.4, 0.5) is 10.3 Å². The third-order valence-electron chi connectivity index (χ3n) is 4.82. The summed E-state index contributed by atoms with van der Waals surface area (Å²) in [6.07, 6.45) is 3.18. The van der Waals surface area contributed by atoms with Crippen LogP contribution >= 0.6 is 11.3 Å². The first-order chi connectivity index (χ1) is 12.7. The molecule has 1 aromatic heterocycles. The van der Waals surface area contributed by atoms with Gasteiger partial charge in [-0.3, -0.25) is 14.5 Å². The molecule has 2 saturated heterocycles. The number of carbonyl (C=O) groups excluding carboxylic acids is 2. The Morgan fingerprint density at radius 1 is 1.15 bits per heavy atom. The van der Waals surface area contributed by atoms with Gasteiger partial charge in [-0.1, -0.05) is 41.7 Å². The first-order valence-electron chi connectivity index (χ1n) is 8.94. The van der Waals surface area contributed by atoms with Gasteiger partial charge in [0, 0.05) is 26.1 Å². The van der Waals surface area contributed by atoms with Crippen molar-refractivity contribution in [2.24, 2.45) is 0 Å². The Hall–Kier alpha value is -2.48. The van der Waals surface area contributed by atoms with Crippen LogP contribution in [0.3, 0.4) is 0 Å². The molecule has 2 aliphatic heterocycles. The molecule has 0 aliphatic carbocycles. The fourth-order valence-corrected chi connectivity index (χ4v) is 4.42. The summed E-state index contributed by atoms with van der Waals surface area (Å²) in [5.41, 5.74) is 1.08. The number of amides is 2. The Kier molecular flexibility index (Phi) is 4.83. The highest BCUT2D eigenvalue weighted by atomic mass is 32.1. The SMILES string of the molecule is O=C(NCc1ccccc1)C1CCCN1c1nnc(N2CCCC2=O)s1. The van der Waals surface area contributed by atoms with Gasteiger partial charge in [0.05, 0.1) is 0 Å². The average Bonchev–Trinajstić information content (AvgIpc) is 3.40. The van der Waals surface area contributed by atoms with Gasteiger partial charge in [-0.05, 0) is 24.8 Å². The van der Waals surface area contributed by atoms with Gasteiger partial charge in [0.1, 0.15) is 6.04 Å². The zero-order valence-electron chi connectivity index (χ0n) is 14.4. The van der Waals surface area contributed by atoms with Crippen LogP contribution in [-0.4, -0.2) is 41.1 Å². The zero-order valence-corrected chi connectivity index (χ0v) is 15.2. The summed E-state index contributed by atoms with van der Waals surface area (Å²) in [6.45, 7) is 2.01. The largest absolute Gasteiger partial charge is 0.350 e. The quantitative estimate of drug-likeness (QED) is 0.869. The summed E-state index contributed by atoms with van der Waals surface area (Å²) >= 11 is 1.40. The topological polar surface area (TPSA) is 78.4 Å². The molecule has 136 valence electrons. The second kappa shape index (κ2) is 7.41. The van der Waals surface area contributed by atoms with E-state index in [-0.39, 0.29) is 17.9 Å². The molecule has 3 heterocycles. The van der Waals surface area contributed by atoms with Crippen LogP contribution in [0, 0.1) is 0 Å². The number of hydrogen-bond acceptors (Lipinski definition) is 6. The van der Waals surface area contributed by atoms with Crippen molar-refractivity contribution in [1.29, 1.82) is 0 Å². The summed E-state index contributed by atoms with van der Waals surface area (Å²) in [5, 5.41) is 12.8. The van der Waals surface area contributed by atoms with E-state index >= 15 is 0 Å². The number of hydrogen-bond donors (Lipinski definition) is 1. The zero-order chi connectivity index (χ0) is 17.9. The molecule has 7 nitrogen and oxygen atoms in total. The monoisotopic (exact) mass is 371 g/mol. The van der Waals surface area contributed by atoms with Gasteiger partial charge >= 0.3 is 0 Å². The first kappa shape index (κ1) is 17.0. The third kappa shape index (κ3) is 3.41. The van der Waals surface area contributed by atoms with E-state index in [0.717, 1.165) is 36.5 Å². The molecule has 0 saturated carbocycles. The smallest absolute Gasteiger partial charge is 0.243 e. The molecule has 1 atom stereocenters. The van der Waals surface area contributed by atoms with E-state index in [2.05, 4.69) is 15.5 Å². The third-order valence-corrected chi connectivity index (χ3v) is 5.80. The Labute approximate surface area is 156 Å². The molecule has 1 N–H and O–H groups in total. The standard InChI is InChI=1S/C18H21N5O2S/c24-15-9-5-11-23(15)18-21-20-17(26-18)22-10-4-8-14(22)16(25)19-12-13-6-2-1-3-7-13/h1-3,6-7,14H,4-5,8-12H2,(H,19,25). The summed E-state index contributed by atoms with van der Waals surface area (Å²) in [5.74, 6) is 0.117. The normalized spacial score (nSPS) is 20.0. The number of aromatic nitrogens is 2. The molecule has 0 bridgehead atoms. The molecule has 2 aliphatic rings. The predicted molar refractivity (Wildman–Crippen MR) is 100 cm³/mol. The van der Waals surface area contributed by atoms with Gasteiger partial charge in [0.25, 0.3) is 0 Å². The number of carbonyl (C=O) groups is 2. The highest BCUT2D eigenvalue weighted by Gasteiger charge is 2.34. The molecular formula is C18H21N5O2S. The van der Waals surface area contributed by atoms with Crippen LogP contribution < -0.4 is 15.1 Å². The van der Waals surface area contributed by atoms with Gasteiger partial charge in [0.15, 0.2) is 0 Å². The van der Waals surface area contributed by atoms with E-state index in [1.54, 1.807) is 4.90 Å². The van der Waals surface area contributed by atoms with Crippen molar-refractivity contribution in [3.05, 3.63) is 35.9 Å². The highest BCUT2D eigenvalue weighted by Crippen LogP contribution is 2.33. The van der Waals surface area contributed by atoms with E-state index in [9.17, 15) is 9.59 Å². The Bertz CT molecular complexity index is 794. The lowest BCUT2D eigenvalue weighted by Crippen LogP contribution is -2.43. The van der Waals surface area contributed by atoms with Crippen LogP contribution in [0.1, 0.15) is 31.2 Å². The molecule has 2 aromatic rings. The van der Waals surface area contributed by atoms with Crippen molar-refractivity contribution in [3.63, 3.8) is 0 Å². The number of benzene rings is 1. The van der Waals surface area contributed by atoms with Gasteiger partial charge < -0.3 is 10.2 Å². The van der Waals surface area contributed by atoms with Crippen molar-refractivity contribution in [2.45, 2.75) is 38.3 Å². The second-order valence-corrected chi connectivity index (χ2v) is 7.51. The van der Waals surface area contributed by atoms with Crippen molar-refractivity contribution in [1.82, 2.24) is 15.5 Å². The van der Waals surface area contributed by atoms with E-state index in [1.807, 2.05) is 35.2 Å². The fraction of sp³-hybridized carbons (Fsp3) is 0.444. The number of nitrogens with zero attached hydrogens (tertiary/aromatic N) is 4. The molecule has 1 unspecified atom stereocenters. The van der Waals surface area contributed by atoms with Gasteiger partial charge in [-0.2, -0.15) is 0 Å². The highest BCUT2D eigenvalue weighted by molar-refractivity contribution is 7.19. The van der Waals surface area contributed by atoms with Gasteiger partial charge in [-0.15, -0.1) is 10.2 Å². The number of nitrogens with one attached hydrogen (secondary N) is 1. The summed E-state index contributed by atoms with van der Waals surface area (Å²) in [7, 11) is 0. The molecule has 0 spiro atoms. The molecular weight excluding hydrogens is 350 g/mol. The number of rotatable bonds is 5. The maximum atomic E-state index is 12.7. The van der Waals surface area contributed by atoms with Crippen molar-refractivity contribution in [2.75, 3.05) is 22.9 Å². The lowest BCUT2D eigenvalue weighted by Gasteiger charge is -2.22. The minimum atomic E-state index is -0.228. The molecule has 2 amide bonds. The van der Waals surface area contributed by atoms with Gasteiger partial charge in [0.2, 0.25) is 22.1 Å². The lowest BCUT2D eigenvalue weighted by molar-refractivity contribution is -0.122. The van der Waals surface area contributed by atoms with Crippen molar-refractivity contribution >= 4 is 33.4 Å². The Morgan fingerprint density at radius 2 is 1.96 bits per heavy atom. The summed E-state index contributed by atoms with van der Waals surface area (Å²) < 4.78 is 0. The number of anilines is 2. The van der Waals surface area contributed by atoms with Crippen LogP contribution in [-0.2, 0) is 16.1 Å². The summed E-state index contributed by atoms with van der Waals surface area (Å²) in [6, 6.07) is 9.65. The second-order valence-electron chi connectivity index (χ2n) is 6.57. The van der Waals surface area contributed by atoms with E-state index < -0.39 is 0 Å². The molecule has 1 aromatic carbocycles. The van der Waals surface area contributed by atoms with Crippen LogP contribution in [0.2, 0.25) is 0 Å². The van der Waals surface area contributed by atoms with E-state index in [0.29, 0.717) is 24.6 Å².